The summed E-state index contributed by atoms with van der Waals surface area (Å²) in [6.45, 7) is 1.25. The first-order chi connectivity index (χ1) is 11.3. The highest BCUT2D eigenvalue weighted by Gasteiger charge is 2.16. The van der Waals surface area contributed by atoms with Crippen molar-refractivity contribution in [2.24, 2.45) is 5.14 Å². The molecule has 7 nitrogen and oxygen atoms in total. The highest BCUT2D eigenvalue weighted by Crippen LogP contribution is 2.17. The van der Waals surface area contributed by atoms with E-state index in [1.165, 1.54) is 25.1 Å². The van der Waals surface area contributed by atoms with Crippen molar-refractivity contribution < 1.29 is 13.2 Å². The molecule has 4 N–H and O–H groups in total. The molecule has 124 valence electrons. The van der Waals surface area contributed by atoms with Crippen molar-refractivity contribution in [1.82, 2.24) is 9.97 Å². The van der Waals surface area contributed by atoms with E-state index in [0.29, 0.717) is 5.69 Å². The molecule has 1 heterocycles. The van der Waals surface area contributed by atoms with Crippen molar-refractivity contribution in [2.75, 3.05) is 5.73 Å². The van der Waals surface area contributed by atoms with Crippen LogP contribution in [0.4, 0.5) is 5.69 Å². The first-order valence-corrected chi connectivity index (χ1v) is 8.42. The number of nitrogens with zero attached hydrogens (tertiary/aromatic N) is 2. The summed E-state index contributed by atoms with van der Waals surface area (Å²) in [5.41, 5.74) is 7.66. The number of para-hydroxylation sites is 2. The van der Waals surface area contributed by atoms with Gasteiger partial charge in [-0.05, 0) is 37.3 Å². The Hall–Kier alpha value is -2.84. The van der Waals surface area contributed by atoms with E-state index in [1.807, 2.05) is 24.3 Å². The lowest BCUT2D eigenvalue weighted by Gasteiger charge is -2.04. The number of Topliss-reactive ketones (excluding diaryl/α,β-unsaturated/α-hetero) is 1. The Morgan fingerprint density at radius 2 is 1.54 bits per heavy atom. The van der Waals surface area contributed by atoms with Crippen LogP contribution in [0.3, 0.4) is 0 Å². The number of anilines is 1. The number of carbonyl (C=O) groups excluding carboxylic acids is 1. The minimum absolute atomic E-state index is 0.0208. The van der Waals surface area contributed by atoms with Gasteiger partial charge in [0.25, 0.3) is 0 Å². The van der Waals surface area contributed by atoms with Crippen molar-refractivity contribution in [3.05, 3.63) is 60.4 Å². The molecule has 0 saturated carbocycles. The molecular formula is C16H16N4O3S. The fourth-order valence-electron chi connectivity index (χ4n) is 1.98. The lowest BCUT2D eigenvalue weighted by atomic mass is 10.1. The summed E-state index contributed by atoms with van der Waals surface area (Å²) >= 11 is 0. The van der Waals surface area contributed by atoms with Crippen molar-refractivity contribution in [3.8, 4) is 0 Å². The zero-order valence-corrected chi connectivity index (χ0v) is 13.7. The van der Waals surface area contributed by atoms with Crippen LogP contribution in [0.15, 0.2) is 59.8 Å². The van der Waals surface area contributed by atoms with E-state index in [1.54, 1.807) is 12.4 Å². The molecule has 8 heteroatoms. The Labute approximate surface area is 139 Å². The summed E-state index contributed by atoms with van der Waals surface area (Å²) in [6.07, 6.45) is 3.39. The third-order valence-corrected chi connectivity index (χ3v) is 4.03. The zero-order chi connectivity index (χ0) is 17.7. The van der Waals surface area contributed by atoms with E-state index in [-0.39, 0.29) is 16.2 Å². The maximum Gasteiger partial charge on any atom is 0.238 e. The summed E-state index contributed by atoms with van der Waals surface area (Å²) in [7, 11) is -3.87. The molecule has 2 aromatic carbocycles. The van der Waals surface area contributed by atoms with Crippen LogP contribution in [0, 0.1) is 0 Å². The molecule has 0 aliphatic carbocycles. The molecule has 0 bridgehead atoms. The van der Waals surface area contributed by atoms with Gasteiger partial charge >= 0.3 is 0 Å². The number of fused-ring (bicyclic) bond motifs is 1. The van der Waals surface area contributed by atoms with Gasteiger partial charge in [-0.25, -0.2) is 13.6 Å². The van der Waals surface area contributed by atoms with E-state index in [0.717, 1.165) is 11.0 Å². The highest BCUT2D eigenvalue weighted by atomic mass is 32.2. The van der Waals surface area contributed by atoms with E-state index in [9.17, 15) is 13.2 Å². The predicted octanol–water partition coefficient (Wildman–Crippen LogP) is 1.75. The zero-order valence-electron chi connectivity index (χ0n) is 12.9. The average molecular weight is 344 g/mol. The molecule has 0 aliphatic heterocycles. The van der Waals surface area contributed by atoms with Gasteiger partial charge in [0.2, 0.25) is 10.0 Å². The molecule has 3 aromatic rings. The molecule has 0 aliphatic rings. The standard InChI is InChI=1S/C8H10N2O3S.C8H6N2/c1-5(11)7-4-6(9)2-3-8(7)14(10,12)13;1-2-4-8-7(3-1)9-5-6-10-8/h2-4H,9H2,1H3,(H2,10,12,13);1-6H. The summed E-state index contributed by atoms with van der Waals surface area (Å²) in [4.78, 5) is 19.1. The van der Waals surface area contributed by atoms with Crippen LogP contribution in [-0.4, -0.2) is 24.2 Å². The van der Waals surface area contributed by atoms with Crippen molar-refractivity contribution >= 4 is 32.5 Å². The van der Waals surface area contributed by atoms with E-state index >= 15 is 0 Å². The quantitative estimate of drug-likeness (QED) is 0.538. The Balaban J connectivity index is 0.000000182. The van der Waals surface area contributed by atoms with E-state index in [4.69, 9.17) is 10.9 Å². The highest BCUT2D eigenvalue weighted by molar-refractivity contribution is 7.89. The number of nitrogens with two attached hydrogens (primary N) is 2. The number of hydrogen-bond acceptors (Lipinski definition) is 6. The van der Waals surface area contributed by atoms with E-state index in [2.05, 4.69) is 9.97 Å². The number of nitrogen functional groups attached to an aromatic ring is 1. The lowest BCUT2D eigenvalue weighted by Crippen LogP contribution is -2.16. The first kappa shape index (κ1) is 17.5. The molecule has 0 amide bonds. The van der Waals surface area contributed by atoms with Gasteiger partial charge in [0, 0.05) is 23.6 Å². The van der Waals surface area contributed by atoms with Crippen LogP contribution in [0.2, 0.25) is 0 Å². The number of carbonyl (C=O) groups is 1. The smallest absolute Gasteiger partial charge is 0.238 e. The molecule has 0 unspecified atom stereocenters. The normalized spacial score (nSPS) is 10.8. The maximum absolute atomic E-state index is 11.1. The molecule has 0 radical (unpaired) electrons. The van der Waals surface area contributed by atoms with Crippen LogP contribution in [0.1, 0.15) is 17.3 Å². The Morgan fingerprint density at radius 3 is 2.00 bits per heavy atom. The van der Waals surface area contributed by atoms with Crippen LogP contribution in [0.5, 0.6) is 0 Å². The number of aromatic nitrogens is 2. The number of rotatable bonds is 2. The van der Waals surface area contributed by atoms with Crippen molar-refractivity contribution in [2.45, 2.75) is 11.8 Å². The van der Waals surface area contributed by atoms with Gasteiger partial charge in [-0.15, -0.1) is 0 Å². The van der Waals surface area contributed by atoms with Gasteiger partial charge < -0.3 is 5.73 Å². The largest absolute Gasteiger partial charge is 0.399 e. The number of benzene rings is 2. The molecule has 0 spiro atoms. The third kappa shape index (κ3) is 4.34. The Kier molecular flexibility index (Phi) is 5.22. The van der Waals surface area contributed by atoms with Gasteiger partial charge in [0.15, 0.2) is 5.78 Å². The second-order valence-corrected chi connectivity index (χ2v) is 6.43. The molecule has 0 atom stereocenters. The van der Waals surface area contributed by atoms with Gasteiger partial charge in [-0.3, -0.25) is 14.8 Å². The summed E-state index contributed by atoms with van der Waals surface area (Å²) < 4.78 is 22.1. The average Bonchev–Trinajstić information content (AvgIpc) is 2.54. The van der Waals surface area contributed by atoms with Crippen LogP contribution >= 0.6 is 0 Å². The number of hydrogen-bond donors (Lipinski definition) is 2. The molecule has 0 fully saturated rings. The fourth-order valence-corrected chi connectivity index (χ4v) is 2.75. The predicted molar refractivity (Wildman–Crippen MR) is 91.8 cm³/mol. The molecule has 3 rings (SSSR count). The number of ketones is 1. The maximum atomic E-state index is 11.1. The lowest BCUT2D eigenvalue weighted by molar-refractivity contribution is 0.101. The summed E-state index contributed by atoms with van der Waals surface area (Å²) in [6, 6.07) is 11.7. The minimum Gasteiger partial charge on any atom is -0.399 e. The third-order valence-electron chi connectivity index (χ3n) is 3.07. The minimum atomic E-state index is -3.87. The van der Waals surface area contributed by atoms with Gasteiger partial charge in [-0.1, -0.05) is 12.1 Å². The molecule has 1 aromatic heterocycles. The van der Waals surface area contributed by atoms with Crippen LogP contribution < -0.4 is 10.9 Å². The van der Waals surface area contributed by atoms with E-state index < -0.39 is 10.0 Å². The first-order valence-electron chi connectivity index (χ1n) is 6.88. The second kappa shape index (κ2) is 7.16. The number of sulfonamides is 1. The van der Waals surface area contributed by atoms with Crippen molar-refractivity contribution in [1.29, 1.82) is 0 Å². The van der Waals surface area contributed by atoms with Gasteiger partial charge in [-0.2, -0.15) is 0 Å². The van der Waals surface area contributed by atoms with Crippen LogP contribution in [0.25, 0.3) is 11.0 Å². The number of primary sulfonamides is 1. The van der Waals surface area contributed by atoms with Gasteiger partial charge in [0.05, 0.1) is 15.9 Å². The summed E-state index contributed by atoms with van der Waals surface area (Å²) in [5, 5.41) is 4.92. The molecule has 0 saturated heterocycles. The monoisotopic (exact) mass is 344 g/mol. The fraction of sp³-hybridized carbons (Fsp3) is 0.0625. The topological polar surface area (TPSA) is 129 Å². The Morgan fingerprint density at radius 1 is 1.00 bits per heavy atom. The molecular weight excluding hydrogens is 328 g/mol. The van der Waals surface area contributed by atoms with Crippen LogP contribution in [-0.2, 0) is 10.0 Å². The van der Waals surface area contributed by atoms with Crippen molar-refractivity contribution in [3.63, 3.8) is 0 Å². The SMILES string of the molecule is CC(=O)c1cc(N)ccc1S(N)(=O)=O.c1ccc2nccnc2c1. The Bertz CT molecular complexity index is 922. The second-order valence-electron chi connectivity index (χ2n) is 4.90. The molecule has 24 heavy (non-hydrogen) atoms. The van der Waals surface area contributed by atoms with Gasteiger partial charge in [0.1, 0.15) is 0 Å². The summed E-state index contributed by atoms with van der Waals surface area (Å²) in [5.74, 6) is -0.388.